The van der Waals surface area contributed by atoms with Gasteiger partial charge in [-0.2, -0.15) is 0 Å². The number of aliphatic imine (C=N–C) groups is 1. The minimum atomic E-state index is -1.65. The van der Waals surface area contributed by atoms with Crippen LogP contribution in [0, 0.1) is 11.8 Å². The van der Waals surface area contributed by atoms with Crippen LogP contribution in [0.25, 0.3) is 0 Å². The van der Waals surface area contributed by atoms with Crippen LogP contribution in [0.3, 0.4) is 0 Å². The van der Waals surface area contributed by atoms with Gasteiger partial charge in [-0.3, -0.25) is 48.1 Å². The molecule has 1 rings (SSSR count). The summed E-state index contributed by atoms with van der Waals surface area (Å²) in [5, 5.41) is 47.1. The molecule has 0 unspecified atom stereocenters. The second-order valence-corrected chi connectivity index (χ2v) is 16.7. The van der Waals surface area contributed by atoms with Crippen molar-refractivity contribution in [2.45, 2.75) is 161 Å². The third-order valence-corrected chi connectivity index (χ3v) is 10.00. The van der Waals surface area contributed by atoms with Crippen molar-refractivity contribution in [1.82, 2.24) is 42.1 Å². The maximum absolute atomic E-state index is 13.7. The Morgan fingerprint density at radius 2 is 1.14 bits per heavy atom. The van der Waals surface area contributed by atoms with Crippen molar-refractivity contribution in [2.24, 2.45) is 34.0 Å². The predicted octanol–water partition coefficient (Wildman–Crippen LogP) is -4.64. The molecule has 1 saturated heterocycles. The number of carboxylic acid groups (broad SMARTS) is 1. The van der Waals surface area contributed by atoms with Crippen LogP contribution in [-0.4, -0.2) is 159 Å². The van der Waals surface area contributed by atoms with E-state index in [0.717, 1.165) is 0 Å². The largest absolute Gasteiger partial charge is 0.480 e. The van der Waals surface area contributed by atoms with Gasteiger partial charge in [-0.1, -0.05) is 27.7 Å². The molecular formula is C39H70N12O12. The number of aliphatic carboxylic acids is 1. The monoisotopic (exact) mass is 899 g/mol. The third-order valence-electron chi connectivity index (χ3n) is 10.00. The molecular weight excluding hydrogens is 829 g/mol. The van der Waals surface area contributed by atoms with Crippen LogP contribution < -0.4 is 54.4 Å². The lowest BCUT2D eigenvalue weighted by molar-refractivity contribution is -0.142. The van der Waals surface area contributed by atoms with Gasteiger partial charge in [0.2, 0.25) is 47.3 Å². The molecule has 63 heavy (non-hydrogen) atoms. The lowest BCUT2D eigenvalue weighted by atomic mass is 10.0. The first-order valence-electron chi connectivity index (χ1n) is 21.0. The normalized spacial score (nSPS) is 18.4. The second kappa shape index (κ2) is 26.1. The fraction of sp³-hybridized carbons (Fsp3) is 0.744. The van der Waals surface area contributed by atoms with Gasteiger partial charge in [0.1, 0.15) is 48.3 Å². The summed E-state index contributed by atoms with van der Waals surface area (Å²) in [7, 11) is 0. The SMILES string of the molecule is CC(C)C[C@H](NC(=O)[C@H](C)NC(=O)[C@@H](NC(=O)[C@@H](NC(=O)[C@H](CCCN=C(N)N)NC(=O)[C@@H]1CCCN1C(=O)[C@H](C)N)[C@@H](C)O)C(C)C)C(=O)N[C@H](C(=O)N[C@@H](C)C(=O)O)[C@@H](C)O. The summed E-state index contributed by atoms with van der Waals surface area (Å²) in [5.41, 5.74) is 16.6. The van der Waals surface area contributed by atoms with Crippen molar-refractivity contribution in [2.75, 3.05) is 13.1 Å². The minimum Gasteiger partial charge on any atom is -0.480 e. The molecule has 0 aromatic carbocycles. The number of rotatable bonds is 25. The van der Waals surface area contributed by atoms with Crippen LogP contribution in [0.4, 0.5) is 0 Å². The van der Waals surface area contributed by atoms with Crippen LogP contribution in [0.2, 0.25) is 0 Å². The number of nitrogens with one attached hydrogen (secondary N) is 7. The molecule has 0 saturated carbocycles. The number of aliphatic hydroxyl groups excluding tert-OH is 2. The molecule has 16 N–H and O–H groups in total. The summed E-state index contributed by atoms with van der Waals surface area (Å²) >= 11 is 0. The summed E-state index contributed by atoms with van der Waals surface area (Å²) in [6.45, 7) is 13.5. The van der Waals surface area contributed by atoms with Gasteiger partial charge in [-0.25, -0.2) is 0 Å². The van der Waals surface area contributed by atoms with E-state index in [1.165, 1.54) is 39.5 Å². The standard InChI is InChI=1S/C39H70N12O12/c1-17(2)16-25(32(56)50-28(22(8)52)35(59)45-21(7)38(62)63)47-30(54)20(6)44-34(58)27(18(3)4)48-36(60)29(23(9)53)49-31(55)24(12-10-14-43-39(41)42)46-33(57)26-13-11-15-51(26)37(61)19(5)40/h17-29,52-53H,10-16,40H2,1-9H3,(H,44,58)(H,45,59)(H,46,57)(H,47,54)(H,48,60)(H,49,55)(H,50,56)(H,62,63)(H4,41,42,43)/t19-,20-,21-,22+,23+,24-,25-,26-,27-,28-,29-/m0/s1. The van der Waals surface area contributed by atoms with Crippen molar-refractivity contribution >= 4 is 59.2 Å². The average Bonchev–Trinajstić information content (AvgIpc) is 3.67. The molecule has 8 amide bonds. The first kappa shape index (κ1) is 55.4. The van der Waals surface area contributed by atoms with Gasteiger partial charge in [0.05, 0.1) is 18.2 Å². The van der Waals surface area contributed by atoms with Crippen molar-refractivity contribution in [1.29, 1.82) is 0 Å². The summed E-state index contributed by atoms with van der Waals surface area (Å²) in [5.74, 6) is -8.78. The molecule has 1 aliphatic heterocycles. The van der Waals surface area contributed by atoms with Gasteiger partial charge in [0.25, 0.3) is 0 Å². The number of hydrogen-bond donors (Lipinski definition) is 13. The molecule has 358 valence electrons. The topological polar surface area (TPSA) is 392 Å². The fourth-order valence-electron chi connectivity index (χ4n) is 6.43. The highest BCUT2D eigenvalue weighted by atomic mass is 16.4. The molecule has 0 radical (unpaired) electrons. The van der Waals surface area contributed by atoms with E-state index in [2.05, 4.69) is 42.2 Å². The van der Waals surface area contributed by atoms with Gasteiger partial charge in [-0.05, 0) is 78.6 Å². The number of carbonyl (C=O) groups is 9. The number of aliphatic hydroxyl groups is 2. The van der Waals surface area contributed by atoms with E-state index in [0.29, 0.717) is 19.4 Å². The van der Waals surface area contributed by atoms with E-state index >= 15 is 0 Å². The Morgan fingerprint density at radius 3 is 1.62 bits per heavy atom. The Morgan fingerprint density at radius 1 is 0.651 bits per heavy atom. The molecule has 0 aliphatic carbocycles. The van der Waals surface area contributed by atoms with Crippen molar-refractivity contribution < 1.29 is 58.5 Å². The number of amides is 8. The van der Waals surface area contributed by atoms with Crippen LogP contribution >= 0.6 is 0 Å². The number of likely N-dealkylation sites (tertiary alicyclic amines) is 1. The number of nitrogens with zero attached hydrogens (tertiary/aromatic N) is 2. The molecule has 0 aromatic heterocycles. The van der Waals surface area contributed by atoms with E-state index in [9.17, 15) is 53.4 Å². The van der Waals surface area contributed by atoms with E-state index < -0.39 is 126 Å². The first-order chi connectivity index (χ1) is 29.2. The molecule has 0 aromatic rings. The number of hydrogen-bond acceptors (Lipinski definition) is 13. The van der Waals surface area contributed by atoms with E-state index in [-0.39, 0.29) is 37.7 Å². The van der Waals surface area contributed by atoms with Gasteiger partial charge in [0, 0.05) is 13.1 Å². The molecule has 1 aliphatic rings. The summed E-state index contributed by atoms with van der Waals surface area (Å²) < 4.78 is 0. The molecule has 0 spiro atoms. The Bertz CT molecular complexity index is 1650. The van der Waals surface area contributed by atoms with Gasteiger partial charge >= 0.3 is 5.97 Å². The Kier molecular flexibility index (Phi) is 23.0. The van der Waals surface area contributed by atoms with Crippen LogP contribution in [0.15, 0.2) is 4.99 Å². The van der Waals surface area contributed by atoms with Crippen LogP contribution in [0.5, 0.6) is 0 Å². The van der Waals surface area contributed by atoms with E-state index in [4.69, 9.17) is 22.3 Å². The van der Waals surface area contributed by atoms with Gasteiger partial charge in [-0.15, -0.1) is 0 Å². The molecule has 0 bridgehead atoms. The zero-order valence-corrected chi connectivity index (χ0v) is 37.6. The van der Waals surface area contributed by atoms with E-state index in [1.54, 1.807) is 27.7 Å². The number of carbonyl (C=O) groups excluding carboxylic acids is 8. The Hall–Kier alpha value is -5.62. The third kappa shape index (κ3) is 18.3. The highest BCUT2D eigenvalue weighted by Gasteiger charge is 2.39. The Labute approximate surface area is 367 Å². The predicted molar refractivity (Wildman–Crippen MR) is 228 cm³/mol. The van der Waals surface area contributed by atoms with Crippen molar-refractivity contribution in [3.8, 4) is 0 Å². The minimum absolute atomic E-state index is 0.0182. The van der Waals surface area contributed by atoms with Gasteiger partial charge in [0.15, 0.2) is 5.96 Å². The summed E-state index contributed by atoms with van der Waals surface area (Å²) in [6.07, 6.45) is -1.89. The molecule has 11 atom stereocenters. The summed E-state index contributed by atoms with van der Waals surface area (Å²) in [6, 6.07) is -11.5. The first-order valence-corrected chi connectivity index (χ1v) is 21.0. The van der Waals surface area contributed by atoms with Crippen LogP contribution in [-0.2, 0) is 43.2 Å². The quantitative estimate of drug-likeness (QED) is 0.0233. The number of carboxylic acids is 1. The average molecular weight is 899 g/mol. The van der Waals surface area contributed by atoms with Crippen molar-refractivity contribution in [3.05, 3.63) is 0 Å². The molecule has 24 nitrogen and oxygen atoms in total. The van der Waals surface area contributed by atoms with Crippen LogP contribution in [0.1, 0.15) is 94.4 Å². The molecule has 1 fully saturated rings. The lowest BCUT2D eigenvalue weighted by Crippen LogP contribution is -2.62. The smallest absolute Gasteiger partial charge is 0.325 e. The molecule has 24 heteroatoms. The summed E-state index contributed by atoms with van der Waals surface area (Å²) in [4.78, 5) is 123. The maximum Gasteiger partial charge on any atom is 0.325 e. The Balaban J connectivity index is 3.18. The number of nitrogens with two attached hydrogens (primary N) is 3. The van der Waals surface area contributed by atoms with Gasteiger partial charge < -0.3 is 74.6 Å². The molecule has 1 heterocycles. The number of guanidine groups is 1. The zero-order valence-electron chi connectivity index (χ0n) is 37.6. The lowest BCUT2D eigenvalue weighted by Gasteiger charge is -2.30. The highest BCUT2D eigenvalue weighted by Crippen LogP contribution is 2.19. The second-order valence-electron chi connectivity index (χ2n) is 16.7. The van der Waals surface area contributed by atoms with E-state index in [1.807, 2.05) is 0 Å². The fourth-order valence-corrected chi connectivity index (χ4v) is 6.43. The highest BCUT2D eigenvalue weighted by molar-refractivity contribution is 5.98. The van der Waals surface area contributed by atoms with Crippen molar-refractivity contribution in [3.63, 3.8) is 0 Å². The maximum atomic E-state index is 13.7. The zero-order chi connectivity index (χ0) is 48.5.